The number of piperidine rings is 3. The van der Waals surface area contributed by atoms with E-state index in [0.29, 0.717) is 5.92 Å². The molecule has 0 saturated carbocycles. The topological polar surface area (TPSA) is 29.5 Å². The molecule has 168 valence electrons. The first-order chi connectivity index (χ1) is 15.2. The normalized spacial score (nSPS) is 24.8. The number of quaternary nitrogens is 1. The zero-order valence-electron chi connectivity index (χ0n) is 18.9. The minimum Gasteiger partial charge on any atom is -0.440 e. The average Bonchev–Trinajstić information content (AvgIpc) is 3.31. The number of hydrogen-bond donors (Lipinski definition) is 0. The van der Waals surface area contributed by atoms with Gasteiger partial charge in [0.2, 0.25) is 0 Å². The highest BCUT2D eigenvalue weighted by molar-refractivity contribution is 7.09. The molecule has 0 aliphatic carbocycles. The van der Waals surface area contributed by atoms with Crippen molar-refractivity contribution in [1.29, 1.82) is 0 Å². The Bertz CT molecular complexity index is 800. The van der Waals surface area contributed by atoms with E-state index in [0.717, 1.165) is 42.5 Å². The zero-order valence-corrected chi connectivity index (χ0v) is 19.7. The molecular weight excluding hydrogens is 404 g/mol. The number of thiophene rings is 1. The summed E-state index contributed by atoms with van der Waals surface area (Å²) >= 11 is 1.86. The van der Waals surface area contributed by atoms with Crippen LogP contribution < -0.4 is 4.90 Å². The van der Waals surface area contributed by atoms with Crippen LogP contribution in [0, 0.1) is 5.92 Å². The van der Waals surface area contributed by atoms with Gasteiger partial charge in [-0.2, -0.15) is 0 Å². The van der Waals surface area contributed by atoms with Crippen LogP contribution in [0.5, 0.6) is 0 Å². The summed E-state index contributed by atoms with van der Waals surface area (Å²) < 4.78 is 7.36. The second-order valence-electron chi connectivity index (χ2n) is 9.33. The maximum absolute atomic E-state index is 13.3. The average molecular weight is 442 g/mol. The standard InChI is InChI=1S/C26H37N2O2S/c1-2-3-7-16-27(23-10-5-4-6-11-23)26(29)30-25-21-28(18-14-22(25)15-19-28)17-8-12-24-13-9-20-31-24/h4-6,9-11,13,20,22,25H,2-3,7-8,12,14-19,21H2,1H3/q+1/t22?,25-,28?/m0/s1. The van der Waals surface area contributed by atoms with Crippen LogP contribution in [-0.2, 0) is 11.2 Å². The number of benzene rings is 1. The minimum absolute atomic E-state index is 0.0640. The van der Waals surface area contributed by atoms with Crippen molar-refractivity contribution in [3.63, 3.8) is 0 Å². The van der Waals surface area contributed by atoms with Crippen molar-refractivity contribution >= 4 is 23.1 Å². The van der Waals surface area contributed by atoms with E-state index in [1.54, 1.807) is 0 Å². The van der Waals surface area contributed by atoms with Gasteiger partial charge in [-0.3, -0.25) is 4.90 Å². The molecule has 0 spiro atoms. The summed E-state index contributed by atoms with van der Waals surface area (Å²) in [6.07, 6.45) is 7.98. The summed E-state index contributed by atoms with van der Waals surface area (Å²) in [5.41, 5.74) is 0.949. The zero-order chi connectivity index (χ0) is 21.5. The van der Waals surface area contributed by atoms with Gasteiger partial charge in [-0.05, 0) is 36.4 Å². The number of rotatable bonds is 10. The summed E-state index contributed by atoms with van der Waals surface area (Å²) in [5, 5.41) is 2.17. The van der Waals surface area contributed by atoms with Crippen molar-refractivity contribution in [2.45, 2.75) is 58.0 Å². The molecule has 3 aliphatic heterocycles. The van der Waals surface area contributed by atoms with Crippen LogP contribution in [0.3, 0.4) is 0 Å². The molecular formula is C26H37N2O2S+. The molecule has 5 heteroatoms. The van der Waals surface area contributed by atoms with Gasteiger partial charge in [-0.25, -0.2) is 4.79 Å². The number of para-hydroxylation sites is 1. The highest BCUT2D eigenvalue weighted by Gasteiger charge is 2.47. The van der Waals surface area contributed by atoms with E-state index in [-0.39, 0.29) is 12.2 Å². The van der Waals surface area contributed by atoms with Crippen LogP contribution in [-0.4, -0.2) is 49.4 Å². The van der Waals surface area contributed by atoms with Gasteiger partial charge >= 0.3 is 6.09 Å². The largest absolute Gasteiger partial charge is 0.440 e. The molecule has 4 nitrogen and oxygen atoms in total. The Morgan fingerprint density at radius 2 is 1.90 bits per heavy atom. The Hall–Kier alpha value is -1.85. The first-order valence-electron chi connectivity index (χ1n) is 12.1. The predicted octanol–water partition coefficient (Wildman–Crippen LogP) is 6.12. The third-order valence-corrected chi connectivity index (χ3v) is 8.14. The lowest BCUT2D eigenvalue weighted by atomic mass is 9.83. The fourth-order valence-corrected chi connectivity index (χ4v) is 6.11. The van der Waals surface area contributed by atoms with E-state index in [1.165, 1.54) is 50.2 Å². The molecule has 4 heterocycles. The molecule has 1 aromatic heterocycles. The van der Waals surface area contributed by atoms with Crippen LogP contribution >= 0.6 is 11.3 Å². The van der Waals surface area contributed by atoms with E-state index in [1.807, 2.05) is 46.6 Å². The molecule has 0 unspecified atom stereocenters. The molecule has 0 radical (unpaired) electrons. The summed E-state index contributed by atoms with van der Waals surface area (Å²) in [5.74, 6) is 0.537. The van der Waals surface area contributed by atoms with Crippen LogP contribution in [0.2, 0.25) is 0 Å². The van der Waals surface area contributed by atoms with Gasteiger partial charge in [0, 0.05) is 42.3 Å². The van der Waals surface area contributed by atoms with Crippen molar-refractivity contribution < 1.29 is 14.0 Å². The number of unbranched alkanes of at least 4 members (excludes halogenated alkanes) is 2. The molecule has 1 aromatic carbocycles. The number of fused-ring (bicyclic) bond motifs is 3. The number of hydrogen-bond acceptors (Lipinski definition) is 3. The molecule has 3 fully saturated rings. The number of nitrogens with zero attached hydrogens (tertiary/aromatic N) is 2. The second-order valence-corrected chi connectivity index (χ2v) is 10.4. The van der Waals surface area contributed by atoms with Gasteiger partial charge in [0.25, 0.3) is 0 Å². The Labute approximate surface area is 191 Å². The van der Waals surface area contributed by atoms with Crippen molar-refractivity contribution in [3.05, 3.63) is 52.7 Å². The fourth-order valence-electron chi connectivity index (χ4n) is 5.36. The maximum atomic E-state index is 13.3. The Morgan fingerprint density at radius 1 is 1.10 bits per heavy atom. The summed E-state index contributed by atoms with van der Waals surface area (Å²) in [6, 6.07) is 14.4. The third kappa shape index (κ3) is 5.69. The Morgan fingerprint density at radius 3 is 2.61 bits per heavy atom. The van der Waals surface area contributed by atoms with Crippen LogP contribution in [0.1, 0.15) is 50.3 Å². The SMILES string of the molecule is CCCCCN(C(=O)O[C@H]1C[N+]2(CCCc3cccs3)CCC1CC2)c1ccccc1. The third-order valence-electron chi connectivity index (χ3n) is 7.20. The lowest BCUT2D eigenvalue weighted by molar-refractivity contribution is -0.946. The van der Waals surface area contributed by atoms with E-state index in [4.69, 9.17) is 4.74 Å². The number of ether oxygens (including phenoxy) is 1. The van der Waals surface area contributed by atoms with Crippen molar-refractivity contribution in [1.82, 2.24) is 0 Å². The van der Waals surface area contributed by atoms with Gasteiger partial charge in [-0.1, -0.05) is 44.0 Å². The first kappa shape index (κ1) is 22.3. The van der Waals surface area contributed by atoms with Gasteiger partial charge in [-0.15, -0.1) is 11.3 Å². The lowest BCUT2D eigenvalue weighted by Crippen LogP contribution is -2.65. The molecule has 3 saturated heterocycles. The molecule has 2 bridgehead atoms. The molecule has 3 aliphatic rings. The van der Waals surface area contributed by atoms with Crippen LogP contribution in [0.4, 0.5) is 10.5 Å². The molecule has 1 atom stereocenters. The summed E-state index contributed by atoms with van der Waals surface area (Å²) in [6.45, 7) is 7.63. The van der Waals surface area contributed by atoms with E-state index < -0.39 is 0 Å². The van der Waals surface area contributed by atoms with Crippen LogP contribution in [0.15, 0.2) is 47.8 Å². The molecule has 1 amide bonds. The van der Waals surface area contributed by atoms with E-state index in [2.05, 4.69) is 24.4 Å². The number of anilines is 1. The number of carbonyl (C=O) groups excluding carboxylic acids is 1. The smallest absolute Gasteiger partial charge is 0.414 e. The highest BCUT2D eigenvalue weighted by Crippen LogP contribution is 2.36. The van der Waals surface area contributed by atoms with Gasteiger partial charge < -0.3 is 9.22 Å². The maximum Gasteiger partial charge on any atom is 0.414 e. The highest BCUT2D eigenvalue weighted by atomic mass is 32.1. The number of aryl methyl sites for hydroxylation is 1. The molecule has 2 aromatic rings. The van der Waals surface area contributed by atoms with Gasteiger partial charge in [0.1, 0.15) is 6.54 Å². The molecule has 5 rings (SSSR count). The lowest BCUT2D eigenvalue weighted by Gasteiger charge is -2.52. The van der Waals surface area contributed by atoms with Crippen molar-refractivity contribution in [2.75, 3.05) is 37.6 Å². The Kier molecular flexibility index (Phi) is 7.67. The van der Waals surface area contributed by atoms with Gasteiger partial charge in [0.05, 0.1) is 19.6 Å². The van der Waals surface area contributed by atoms with E-state index >= 15 is 0 Å². The number of amides is 1. The minimum atomic E-state index is -0.155. The van der Waals surface area contributed by atoms with Crippen LogP contribution in [0.25, 0.3) is 0 Å². The summed E-state index contributed by atoms with van der Waals surface area (Å²) in [4.78, 5) is 16.6. The second kappa shape index (κ2) is 10.6. The van der Waals surface area contributed by atoms with Crippen molar-refractivity contribution in [2.24, 2.45) is 5.92 Å². The monoisotopic (exact) mass is 441 g/mol. The fraction of sp³-hybridized carbons (Fsp3) is 0.577. The van der Waals surface area contributed by atoms with E-state index in [9.17, 15) is 4.79 Å². The van der Waals surface area contributed by atoms with Crippen molar-refractivity contribution in [3.8, 4) is 0 Å². The predicted molar refractivity (Wildman–Crippen MR) is 129 cm³/mol. The molecule has 0 N–H and O–H groups in total. The molecule has 31 heavy (non-hydrogen) atoms. The quantitative estimate of drug-likeness (QED) is 0.328. The number of carbonyl (C=O) groups is 1. The Balaban J connectivity index is 1.37. The summed E-state index contributed by atoms with van der Waals surface area (Å²) in [7, 11) is 0. The first-order valence-corrected chi connectivity index (χ1v) is 13.0. The van der Waals surface area contributed by atoms with Gasteiger partial charge in [0.15, 0.2) is 6.10 Å².